The van der Waals surface area contributed by atoms with E-state index >= 15 is 0 Å². The smallest absolute Gasteiger partial charge is 0.152 e. The summed E-state index contributed by atoms with van der Waals surface area (Å²) < 4.78 is 5.43. The van der Waals surface area contributed by atoms with Crippen LogP contribution in [-0.2, 0) is 5.41 Å². The molecule has 1 aromatic heterocycles. The number of halogens is 1. The van der Waals surface area contributed by atoms with Gasteiger partial charge in [0.2, 0.25) is 0 Å². The third kappa shape index (κ3) is 2.80. The first-order valence-corrected chi connectivity index (χ1v) is 8.18. The Balaban J connectivity index is 2.30. The molecule has 0 aliphatic heterocycles. The number of carbonyl (C=O) groups excluding carboxylic acids is 1. The molecule has 0 aliphatic carbocycles. The van der Waals surface area contributed by atoms with E-state index < -0.39 is 0 Å². The summed E-state index contributed by atoms with van der Waals surface area (Å²) in [4.78, 5) is 15.2. The van der Waals surface area contributed by atoms with Crippen molar-refractivity contribution in [3.05, 3.63) is 52.5 Å². The summed E-state index contributed by atoms with van der Waals surface area (Å²) in [7, 11) is 1.60. The fraction of sp³-hybridized carbons (Fsp3) is 0.250. The lowest BCUT2D eigenvalue weighted by Crippen LogP contribution is -2.10. The molecule has 0 atom stereocenters. The van der Waals surface area contributed by atoms with E-state index in [1.807, 2.05) is 12.1 Å². The van der Waals surface area contributed by atoms with Gasteiger partial charge in [-0.15, -0.1) is 0 Å². The van der Waals surface area contributed by atoms with Gasteiger partial charge in [-0.2, -0.15) is 0 Å². The molecule has 1 heterocycles. The molecule has 0 fully saturated rings. The van der Waals surface area contributed by atoms with E-state index in [1.54, 1.807) is 19.2 Å². The first kappa shape index (κ1) is 16.6. The molecule has 24 heavy (non-hydrogen) atoms. The van der Waals surface area contributed by atoms with Crippen LogP contribution in [0, 0.1) is 0 Å². The molecule has 0 aliphatic rings. The maximum atomic E-state index is 11.8. The quantitative estimate of drug-likeness (QED) is 0.629. The van der Waals surface area contributed by atoms with Crippen LogP contribution in [0.2, 0.25) is 5.02 Å². The number of hydrogen-bond acceptors (Lipinski definition) is 2. The fourth-order valence-corrected chi connectivity index (χ4v) is 3.06. The van der Waals surface area contributed by atoms with E-state index in [4.69, 9.17) is 16.3 Å². The van der Waals surface area contributed by atoms with Gasteiger partial charge in [-0.25, -0.2) is 0 Å². The number of hydrogen-bond donors (Lipinski definition) is 1. The topological polar surface area (TPSA) is 42.1 Å². The Labute approximate surface area is 146 Å². The predicted molar refractivity (Wildman–Crippen MR) is 99.4 cm³/mol. The normalized spacial score (nSPS) is 11.7. The monoisotopic (exact) mass is 341 g/mol. The van der Waals surface area contributed by atoms with Gasteiger partial charge in [0, 0.05) is 27.1 Å². The number of carbonyl (C=O) groups is 1. The summed E-state index contributed by atoms with van der Waals surface area (Å²) in [5.41, 5.74) is 4.24. The van der Waals surface area contributed by atoms with Crippen molar-refractivity contribution in [1.82, 2.24) is 4.98 Å². The van der Waals surface area contributed by atoms with Gasteiger partial charge in [-0.05, 0) is 41.3 Å². The number of aromatic amines is 1. The number of ether oxygens (including phenoxy) is 1. The molecular weight excluding hydrogens is 322 g/mol. The second-order valence-electron chi connectivity index (χ2n) is 6.89. The maximum absolute atomic E-state index is 11.8. The second-order valence-corrected chi connectivity index (χ2v) is 7.32. The molecule has 0 unspecified atom stereocenters. The molecule has 3 rings (SSSR count). The van der Waals surface area contributed by atoms with Crippen molar-refractivity contribution in [3.8, 4) is 17.0 Å². The van der Waals surface area contributed by atoms with Gasteiger partial charge in [0.05, 0.1) is 12.8 Å². The van der Waals surface area contributed by atoms with Crippen molar-refractivity contribution in [2.24, 2.45) is 0 Å². The van der Waals surface area contributed by atoms with Crippen LogP contribution in [0.4, 0.5) is 0 Å². The summed E-state index contributed by atoms with van der Waals surface area (Å²) in [6.45, 7) is 6.47. The van der Waals surface area contributed by atoms with E-state index in [0.717, 1.165) is 28.4 Å². The Bertz CT molecular complexity index is 919. The molecule has 3 aromatic rings. The summed E-state index contributed by atoms with van der Waals surface area (Å²) in [5.74, 6) is 0.671. The molecule has 0 saturated heterocycles. The third-order valence-corrected chi connectivity index (χ3v) is 4.49. The highest BCUT2D eigenvalue weighted by molar-refractivity contribution is 6.31. The van der Waals surface area contributed by atoms with Crippen LogP contribution in [0.25, 0.3) is 22.2 Å². The first-order valence-electron chi connectivity index (χ1n) is 7.80. The molecule has 0 radical (unpaired) electrons. The molecule has 3 nitrogen and oxygen atoms in total. The Morgan fingerprint density at radius 3 is 2.50 bits per heavy atom. The SMILES string of the molecule is COc1ccc(Cl)cc1-c1[nH]c2ccc(C(C)(C)C)cc2c1C=O. The predicted octanol–water partition coefficient (Wildman–Crippen LogP) is 5.61. The minimum Gasteiger partial charge on any atom is -0.496 e. The highest BCUT2D eigenvalue weighted by atomic mass is 35.5. The van der Waals surface area contributed by atoms with E-state index in [2.05, 4.69) is 37.9 Å². The molecule has 4 heteroatoms. The highest BCUT2D eigenvalue weighted by Gasteiger charge is 2.19. The first-order chi connectivity index (χ1) is 11.3. The van der Waals surface area contributed by atoms with Crippen molar-refractivity contribution in [2.75, 3.05) is 7.11 Å². The Morgan fingerprint density at radius 1 is 1.12 bits per heavy atom. The molecule has 0 saturated carbocycles. The third-order valence-electron chi connectivity index (χ3n) is 4.25. The number of nitrogens with one attached hydrogen (secondary N) is 1. The van der Waals surface area contributed by atoms with Crippen molar-refractivity contribution >= 4 is 28.8 Å². The number of fused-ring (bicyclic) bond motifs is 1. The number of H-pyrrole nitrogens is 1. The van der Waals surface area contributed by atoms with Gasteiger partial charge in [0.25, 0.3) is 0 Å². The lowest BCUT2D eigenvalue weighted by atomic mass is 9.86. The zero-order chi connectivity index (χ0) is 17.5. The molecule has 0 amide bonds. The van der Waals surface area contributed by atoms with Crippen LogP contribution in [0.3, 0.4) is 0 Å². The van der Waals surface area contributed by atoms with Gasteiger partial charge >= 0.3 is 0 Å². The van der Waals surface area contributed by atoms with Crippen LogP contribution in [-0.4, -0.2) is 18.4 Å². The fourth-order valence-electron chi connectivity index (χ4n) is 2.89. The van der Waals surface area contributed by atoms with Gasteiger partial charge in [-0.3, -0.25) is 4.79 Å². The zero-order valence-electron chi connectivity index (χ0n) is 14.2. The van der Waals surface area contributed by atoms with Crippen molar-refractivity contribution in [3.63, 3.8) is 0 Å². The summed E-state index contributed by atoms with van der Waals surface area (Å²) in [5, 5.41) is 1.51. The van der Waals surface area contributed by atoms with Crippen LogP contribution in [0.1, 0.15) is 36.7 Å². The Kier molecular flexibility index (Phi) is 4.14. The van der Waals surface area contributed by atoms with Crippen molar-refractivity contribution in [1.29, 1.82) is 0 Å². The average molecular weight is 342 g/mol. The standard InChI is InChI=1S/C20H20ClNO2/c1-20(2,3)12-5-7-17-14(9-12)16(11-23)19(22-17)15-10-13(21)6-8-18(15)24-4/h5-11,22H,1-4H3. The zero-order valence-corrected chi connectivity index (χ0v) is 15.0. The number of aldehydes is 1. The lowest BCUT2D eigenvalue weighted by molar-refractivity contribution is 0.112. The van der Waals surface area contributed by atoms with Gasteiger partial charge in [0.1, 0.15) is 5.75 Å². The summed E-state index contributed by atoms with van der Waals surface area (Å²) in [6.07, 6.45) is 0.890. The van der Waals surface area contributed by atoms with Crippen LogP contribution in [0.15, 0.2) is 36.4 Å². The highest BCUT2D eigenvalue weighted by Crippen LogP contribution is 2.37. The van der Waals surface area contributed by atoms with Crippen LogP contribution < -0.4 is 4.74 Å². The average Bonchev–Trinajstić information content (AvgIpc) is 2.91. The number of methoxy groups -OCH3 is 1. The number of benzene rings is 2. The maximum Gasteiger partial charge on any atom is 0.152 e. The second kappa shape index (κ2) is 5.99. The molecule has 124 valence electrons. The molecule has 0 bridgehead atoms. The largest absolute Gasteiger partial charge is 0.496 e. The van der Waals surface area contributed by atoms with Crippen LogP contribution in [0.5, 0.6) is 5.75 Å². The van der Waals surface area contributed by atoms with Gasteiger partial charge in [0.15, 0.2) is 6.29 Å². The minimum atomic E-state index is 0.0134. The van der Waals surface area contributed by atoms with E-state index in [0.29, 0.717) is 16.3 Å². The number of aromatic nitrogens is 1. The van der Waals surface area contributed by atoms with E-state index in [-0.39, 0.29) is 5.41 Å². The molecule has 1 N–H and O–H groups in total. The Hall–Kier alpha value is -2.26. The lowest BCUT2D eigenvalue weighted by Gasteiger charge is -2.18. The number of rotatable bonds is 3. The summed E-state index contributed by atoms with van der Waals surface area (Å²) in [6, 6.07) is 11.6. The Morgan fingerprint density at radius 2 is 1.88 bits per heavy atom. The van der Waals surface area contributed by atoms with Gasteiger partial charge in [-0.1, -0.05) is 38.4 Å². The van der Waals surface area contributed by atoms with Gasteiger partial charge < -0.3 is 9.72 Å². The van der Waals surface area contributed by atoms with Crippen molar-refractivity contribution in [2.45, 2.75) is 26.2 Å². The summed E-state index contributed by atoms with van der Waals surface area (Å²) >= 11 is 6.15. The molecule has 0 spiro atoms. The van der Waals surface area contributed by atoms with E-state index in [9.17, 15) is 4.79 Å². The van der Waals surface area contributed by atoms with Crippen molar-refractivity contribution < 1.29 is 9.53 Å². The van der Waals surface area contributed by atoms with E-state index in [1.165, 1.54) is 5.56 Å². The van der Waals surface area contributed by atoms with Crippen LogP contribution >= 0.6 is 11.6 Å². The molecule has 2 aromatic carbocycles. The minimum absolute atomic E-state index is 0.0134. The molecular formula is C20H20ClNO2.